The molecule has 0 aliphatic heterocycles. The van der Waals surface area contributed by atoms with Gasteiger partial charge in [-0.1, -0.05) is 29.8 Å². The molecule has 0 unspecified atom stereocenters. The highest BCUT2D eigenvalue weighted by molar-refractivity contribution is 9.10. The summed E-state index contributed by atoms with van der Waals surface area (Å²) >= 11 is 3.30. The zero-order chi connectivity index (χ0) is 9.84. The fourth-order valence-corrected chi connectivity index (χ4v) is 1.00. The van der Waals surface area contributed by atoms with Crippen LogP contribution in [0.5, 0.6) is 5.75 Å². The van der Waals surface area contributed by atoms with Gasteiger partial charge in [-0.15, -0.1) is 0 Å². The van der Waals surface area contributed by atoms with Crippen LogP contribution in [0.2, 0.25) is 0 Å². The van der Waals surface area contributed by atoms with Gasteiger partial charge in [0.25, 0.3) is 0 Å². The third-order valence-electron chi connectivity index (χ3n) is 1.50. The SMILES string of the molecule is CC(C)C(=O)Oc1ccc(Br)cc1. The quantitative estimate of drug-likeness (QED) is 0.589. The lowest BCUT2D eigenvalue weighted by atomic mass is 10.2. The molecule has 0 saturated carbocycles. The second kappa shape index (κ2) is 4.42. The molecule has 0 aliphatic carbocycles. The van der Waals surface area contributed by atoms with E-state index in [2.05, 4.69) is 15.9 Å². The molecule has 0 fully saturated rings. The van der Waals surface area contributed by atoms with Crippen LogP contribution in [0.3, 0.4) is 0 Å². The summed E-state index contributed by atoms with van der Waals surface area (Å²) in [4.78, 5) is 11.2. The molecule has 0 atom stereocenters. The van der Waals surface area contributed by atoms with Crippen molar-refractivity contribution in [2.24, 2.45) is 5.92 Å². The topological polar surface area (TPSA) is 26.3 Å². The molecule has 13 heavy (non-hydrogen) atoms. The Balaban J connectivity index is 2.65. The third-order valence-corrected chi connectivity index (χ3v) is 2.03. The number of hydrogen-bond acceptors (Lipinski definition) is 2. The summed E-state index contributed by atoms with van der Waals surface area (Å²) in [6, 6.07) is 7.18. The first kappa shape index (κ1) is 10.3. The van der Waals surface area contributed by atoms with Gasteiger partial charge in [0.1, 0.15) is 5.75 Å². The second-order valence-electron chi connectivity index (χ2n) is 3.03. The maximum Gasteiger partial charge on any atom is 0.313 e. The van der Waals surface area contributed by atoms with E-state index in [0.29, 0.717) is 5.75 Å². The third kappa shape index (κ3) is 3.19. The van der Waals surface area contributed by atoms with E-state index in [1.165, 1.54) is 0 Å². The Bertz CT molecular complexity index is 290. The molecule has 1 aromatic carbocycles. The summed E-state index contributed by atoms with van der Waals surface area (Å²) in [5, 5.41) is 0. The van der Waals surface area contributed by atoms with Crippen molar-refractivity contribution in [2.75, 3.05) is 0 Å². The summed E-state index contributed by atoms with van der Waals surface area (Å²) in [5.41, 5.74) is 0. The van der Waals surface area contributed by atoms with Crippen molar-refractivity contribution in [3.8, 4) is 5.75 Å². The first-order chi connectivity index (χ1) is 6.09. The van der Waals surface area contributed by atoms with Gasteiger partial charge in [0, 0.05) is 4.47 Å². The van der Waals surface area contributed by atoms with Gasteiger partial charge in [0.2, 0.25) is 0 Å². The molecule has 3 heteroatoms. The Hall–Kier alpha value is -0.830. The molecule has 0 bridgehead atoms. The number of rotatable bonds is 2. The second-order valence-corrected chi connectivity index (χ2v) is 3.95. The number of ether oxygens (including phenoxy) is 1. The maximum absolute atomic E-state index is 11.2. The molecule has 0 radical (unpaired) electrons. The van der Waals surface area contributed by atoms with Crippen LogP contribution >= 0.6 is 15.9 Å². The highest BCUT2D eigenvalue weighted by Gasteiger charge is 2.08. The Morgan fingerprint density at radius 1 is 1.31 bits per heavy atom. The smallest absolute Gasteiger partial charge is 0.313 e. The molecule has 0 aromatic heterocycles. The molecule has 0 heterocycles. The number of hydrogen-bond donors (Lipinski definition) is 0. The fourth-order valence-electron chi connectivity index (χ4n) is 0.737. The van der Waals surface area contributed by atoms with Crippen LogP contribution < -0.4 is 4.74 Å². The van der Waals surface area contributed by atoms with Crippen LogP contribution in [-0.2, 0) is 4.79 Å². The van der Waals surface area contributed by atoms with Crippen LogP contribution in [0.1, 0.15) is 13.8 Å². The summed E-state index contributed by atoms with van der Waals surface area (Å²) in [5.74, 6) is 0.285. The van der Waals surface area contributed by atoms with Gasteiger partial charge in [-0.25, -0.2) is 0 Å². The molecule has 0 spiro atoms. The lowest BCUT2D eigenvalue weighted by Gasteiger charge is -2.05. The summed E-state index contributed by atoms with van der Waals surface area (Å²) < 4.78 is 6.04. The minimum Gasteiger partial charge on any atom is -0.426 e. The van der Waals surface area contributed by atoms with Crippen molar-refractivity contribution in [1.82, 2.24) is 0 Å². The molecule has 0 N–H and O–H groups in total. The Labute approximate surface area is 86.0 Å². The molecular formula is C10H11BrO2. The van der Waals surface area contributed by atoms with Gasteiger partial charge >= 0.3 is 5.97 Å². The van der Waals surface area contributed by atoms with E-state index < -0.39 is 0 Å². The van der Waals surface area contributed by atoms with Crippen LogP contribution in [0, 0.1) is 5.92 Å². The molecule has 0 aliphatic rings. The number of carbonyl (C=O) groups is 1. The van der Waals surface area contributed by atoms with Crippen molar-refractivity contribution in [3.63, 3.8) is 0 Å². The van der Waals surface area contributed by atoms with E-state index >= 15 is 0 Å². The van der Waals surface area contributed by atoms with Crippen molar-refractivity contribution in [1.29, 1.82) is 0 Å². The van der Waals surface area contributed by atoms with E-state index in [-0.39, 0.29) is 11.9 Å². The monoisotopic (exact) mass is 242 g/mol. The first-order valence-electron chi connectivity index (χ1n) is 4.07. The molecule has 1 rings (SSSR count). The predicted octanol–water partition coefficient (Wildman–Crippen LogP) is 3.01. The first-order valence-corrected chi connectivity index (χ1v) is 4.86. The summed E-state index contributed by atoms with van der Waals surface area (Å²) in [7, 11) is 0. The maximum atomic E-state index is 11.2. The Morgan fingerprint density at radius 2 is 1.85 bits per heavy atom. The normalized spacial score (nSPS) is 10.2. The van der Waals surface area contributed by atoms with Crippen molar-refractivity contribution < 1.29 is 9.53 Å². The molecule has 2 nitrogen and oxygen atoms in total. The van der Waals surface area contributed by atoms with Gasteiger partial charge in [-0.2, -0.15) is 0 Å². The van der Waals surface area contributed by atoms with Gasteiger partial charge in [-0.3, -0.25) is 4.79 Å². The van der Waals surface area contributed by atoms with Gasteiger partial charge in [0.15, 0.2) is 0 Å². The largest absolute Gasteiger partial charge is 0.426 e. The minimum absolute atomic E-state index is 0.0938. The number of esters is 1. The minimum atomic E-state index is -0.206. The Morgan fingerprint density at radius 3 is 2.31 bits per heavy atom. The van der Waals surface area contributed by atoms with Crippen molar-refractivity contribution in [2.45, 2.75) is 13.8 Å². The zero-order valence-electron chi connectivity index (χ0n) is 7.58. The van der Waals surface area contributed by atoms with Gasteiger partial charge in [0.05, 0.1) is 5.92 Å². The number of carbonyl (C=O) groups excluding carboxylic acids is 1. The van der Waals surface area contributed by atoms with Crippen molar-refractivity contribution >= 4 is 21.9 Å². The van der Waals surface area contributed by atoms with Crippen LogP contribution in [0.4, 0.5) is 0 Å². The van der Waals surface area contributed by atoms with E-state index in [1.54, 1.807) is 26.0 Å². The fraction of sp³-hybridized carbons (Fsp3) is 0.300. The standard InChI is InChI=1S/C10H11BrO2/c1-7(2)10(12)13-9-5-3-8(11)4-6-9/h3-7H,1-2H3. The molecular weight excluding hydrogens is 232 g/mol. The van der Waals surface area contributed by atoms with Gasteiger partial charge < -0.3 is 4.74 Å². The predicted molar refractivity (Wildman–Crippen MR) is 54.6 cm³/mol. The lowest BCUT2D eigenvalue weighted by Crippen LogP contribution is -2.14. The summed E-state index contributed by atoms with van der Waals surface area (Å²) in [6.07, 6.45) is 0. The molecule has 1 aromatic rings. The average molecular weight is 243 g/mol. The van der Waals surface area contributed by atoms with Crippen molar-refractivity contribution in [3.05, 3.63) is 28.7 Å². The average Bonchev–Trinajstić information content (AvgIpc) is 2.08. The van der Waals surface area contributed by atoms with Crippen LogP contribution in [0.25, 0.3) is 0 Å². The van der Waals surface area contributed by atoms with E-state index in [0.717, 1.165) is 4.47 Å². The Kier molecular flexibility index (Phi) is 3.48. The van der Waals surface area contributed by atoms with E-state index in [9.17, 15) is 4.79 Å². The molecule has 70 valence electrons. The number of halogens is 1. The highest BCUT2D eigenvalue weighted by Crippen LogP contribution is 2.16. The van der Waals surface area contributed by atoms with E-state index in [4.69, 9.17) is 4.74 Å². The lowest BCUT2D eigenvalue weighted by molar-refractivity contribution is -0.137. The number of benzene rings is 1. The van der Waals surface area contributed by atoms with Crippen LogP contribution in [-0.4, -0.2) is 5.97 Å². The molecule has 0 amide bonds. The molecule has 0 saturated heterocycles. The summed E-state index contributed by atoms with van der Waals surface area (Å²) in [6.45, 7) is 3.61. The highest BCUT2D eigenvalue weighted by atomic mass is 79.9. The van der Waals surface area contributed by atoms with Gasteiger partial charge in [-0.05, 0) is 24.3 Å². The van der Waals surface area contributed by atoms with E-state index in [1.807, 2.05) is 12.1 Å². The van der Waals surface area contributed by atoms with Crippen LogP contribution in [0.15, 0.2) is 28.7 Å². The zero-order valence-corrected chi connectivity index (χ0v) is 9.17.